The zero-order chi connectivity index (χ0) is 16.2. The highest BCUT2D eigenvalue weighted by Crippen LogP contribution is 2.37. The van der Waals surface area contributed by atoms with Gasteiger partial charge in [-0.05, 0) is 43.6 Å². The van der Waals surface area contributed by atoms with Crippen molar-refractivity contribution in [1.29, 1.82) is 0 Å². The van der Waals surface area contributed by atoms with E-state index in [0.717, 1.165) is 31.8 Å². The molecule has 1 unspecified atom stereocenters. The highest BCUT2D eigenvalue weighted by molar-refractivity contribution is 6.07. The first-order valence-corrected chi connectivity index (χ1v) is 7.62. The first kappa shape index (κ1) is 14.5. The molecule has 0 bridgehead atoms. The lowest BCUT2D eigenvalue weighted by atomic mass is 10.1. The fourth-order valence-corrected chi connectivity index (χ4v) is 2.65. The number of aromatic nitrogens is 2. The molecular weight excluding hydrogens is 313 g/mol. The van der Waals surface area contributed by atoms with Gasteiger partial charge in [-0.25, -0.2) is 4.79 Å². The number of hydrogen-bond acceptors (Lipinski definition) is 5. The Morgan fingerprint density at radius 2 is 2.04 bits per heavy atom. The van der Waals surface area contributed by atoms with E-state index in [9.17, 15) is 18.0 Å². The summed E-state index contributed by atoms with van der Waals surface area (Å²) in [6.07, 6.45) is -0.550. The molecule has 23 heavy (non-hydrogen) atoms. The molecule has 0 aromatic carbocycles. The van der Waals surface area contributed by atoms with E-state index < -0.39 is 23.8 Å². The number of alkyl halides is 3. The molecule has 1 aliphatic heterocycles. The molecule has 0 amide bonds. The van der Waals surface area contributed by atoms with Gasteiger partial charge >= 0.3 is 11.9 Å². The van der Waals surface area contributed by atoms with Crippen molar-refractivity contribution in [2.24, 2.45) is 16.8 Å². The van der Waals surface area contributed by atoms with Crippen LogP contribution in [-0.4, -0.2) is 27.8 Å². The van der Waals surface area contributed by atoms with Crippen molar-refractivity contribution in [2.45, 2.75) is 44.6 Å². The normalized spacial score (nSPS) is 24.9. The number of nitrogens with zero attached hydrogens (tertiary/aromatic N) is 3. The SMILES string of the molecule is O=c1onc(C2=NC(C3CC3)NC(C(F)(F)F)=C2)n1CC1CC1. The van der Waals surface area contributed by atoms with Crippen molar-refractivity contribution < 1.29 is 17.7 Å². The fourth-order valence-electron chi connectivity index (χ4n) is 2.65. The van der Waals surface area contributed by atoms with Crippen LogP contribution in [-0.2, 0) is 6.54 Å². The number of halogens is 3. The smallest absolute Gasteiger partial charge is 0.359 e. The van der Waals surface area contributed by atoms with E-state index in [2.05, 4.69) is 20.0 Å². The molecule has 1 atom stereocenters. The van der Waals surface area contributed by atoms with E-state index in [1.54, 1.807) is 0 Å². The average Bonchev–Trinajstić information content (AvgIpc) is 3.39. The Morgan fingerprint density at radius 1 is 1.30 bits per heavy atom. The largest absolute Gasteiger partial charge is 0.441 e. The van der Waals surface area contributed by atoms with Gasteiger partial charge in [0.05, 0.1) is 0 Å². The van der Waals surface area contributed by atoms with Crippen molar-refractivity contribution in [3.63, 3.8) is 0 Å². The molecule has 1 N–H and O–H groups in total. The van der Waals surface area contributed by atoms with Crippen molar-refractivity contribution in [2.75, 3.05) is 0 Å². The lowest BCUT2D eigenvalue weighted by Gasteiger charge is -2.24. The monoisotopic (exact) mass is 328 g/mol. The third-order valence-corrected chi connectivity index (χ3v) is 4.29. The second-order valence-corrected chi connectivity index (χ2v) is 6.32. The maximum atomic E-state index is 13.1. The summed E-state index contributed by atoms with van der Waals surface area (Å²) in [5.41, 5.74) is -0.799. The number of allylic oxidation sites excluding steroid dienone is 2. The summed E-state index contributed by atoms with van der Waals surface area (Å²) in [7, 11) is 0. The van der Waals surface area contributed by atoms with Gasteiger partial charge in [0.1, 0.15) is 17.6 Å². The van der Waals surface area contributed by atoms with E-state index >= 15 is 0 Å². The minimum absolute atomic E-state index is 0.0551. The molecule has 3 aliphatic rings. The minimum atomic E-state index is -4.50. The Hall–Kier alpha value is -2.06. The van der Waals surface area contributed by atoms with Crippen LogP contribution in [0.25, 0.3) is 0 Å². The van der Waals surface area contributed by atoms with Crippen LogP contribution in [0.3, 0.4) is 0 Å². The lowest BCUT2D eigenvalue weighted by Crippen LogP contribution is -2.40. The summed E-state index contributed by atoms with van der Waals surface area (Å²) < 4.78 is 45.3. The van der Waals surface area contributed by atoms with Crippen LogP contribution in [0.15, 0.2) is 26.1 Å². The Balaban J connectivity index is 1.73. The molecule has 0 spiro atoms. The Bertz CT molecular complexity index is 738. The highest BCUT2D eigenvalue weighted by atomic mass is 19.4. The predicted molar refractivity (Wildman–Crippen MR) is 73.8 cm³/mol. The molecule has 2 aliphatic carbocycles. The topological polar surface area (TPSA) is 72.4 Å². The molecule has 2 saturated carbocycles. The van der Waals surface area contributed by atoms with E-state index in [1.807, 2.05) is 0 Å². The van der Waals surface area contributed by atoms with Crippen LogP contribution >= 0.6 is 0 Å². The van der Waals surface area contributed by atoms with Gasteiger partial charge in [-0.3, -0.25) is 14.1 Å². The Labute approximate surface area is 129 Å². The second-order valence-electron chi connectivity index (χ2n) is 6.32. The maximum absolute atomic E-state index is 13.1. The third kappa shape index (κ3) is 2.91. The van der Waals surface area contributed by atoms with Gasteiger partial charge < -0.3 is 5.32 Å². The van der Waals surface area contributed by atoms with E-state index in [1.165, 1.54) is 4.57 Å². The van der Waals surface area contributed by atoms with Crippen molar-refractivity contribution in [3.8, 4) is 0 Å². The van der Waals surface area contributed by atoms with Crippen LogP contribution in [0.2, 0.25) is 0 Å². The average molecular weight is 328 g/mol. The summed E-state index contributed by atoms with van der Waals surface area (Å²) in [6.45, 7) is 0.410. The third-order valence-electron chi connectivity index (χ3n) is 4.29. The van der Waals surface area contributed by atoms with Gasteiger partial charge in [-0.1, -0.05) is 5.16 Å². The summed E-state index contributed by atoms with van der Waals surface area (Å²) in [4.78, 5) is 16.1. The number of rotatable bonds is 4. The van der Waals surface area contributed by atoms with Gasteiger partial charge in [0.2, 0.25) is 5.82 Å². The van der Waals surface area contributed by atoms with Crippen LogP contribution in [0, 0.1) is 11.8 Å². The lowest BCUT2D eigenvalue weighted by molar-refractivity contribution is -0.0980. The molecule has 4 rings (SSSR count). The van der Waals surface area contributed by atoms with Gasteiger partial charge in [0.15, 0.2) is 0 Å². The zero-order valence-corrected chi connectivity index (χ0v) is 12.1. The quantitative estimate of drug-likeness (QED) is 0.915. The fraction of sp³-hybridized carbons (Fsp3) is 0.643. The Morgan fingerprint density at radius 3 is 2.65 bits per heavy atom. The minimum Gasteiger partial charge on any atom is -0.359 e. The van der Waals surface area contributed by atoms with Crippen LogP contribution in [0.1, 0.15) is 31.5 Å². The van der Waals surface area contributed by atoms with E-state index in [4.69, 9.17) is 0 Å². The number of nitrogens with one attached hydrogen (secondary N) is 1. The first-order chi connectivity index (χ1) is 10.9. The number of hydrogen-bond donors (Lipinski definition) is 1. The van der Waals surface area contributed by atoms with Gasteiger partial charge in [-0.15, -0.1) is 0 Å². The molecule has 6 nitrogen and oxygen atoms in total. The number of aliphatic imine (C=N–C) groups is 1. The summed E-state index contributed by atoms with van der Waals surface area (Å²) >= 11 is 0. The molecule has 1 aromatic heterocycles. The van der Waals surface area contributed by atoms with Crippen LogP contribution < -0.4 is 11.1 Å². The molecule has 1 aromatic rings. The summed E-state index contributed by atoms with van der Waals surface area (Å²) in [5, 5.41) is 6.09. The summed E-state index contributed by atoms with van der Waals surface area (Å²) in [5.74, 6) is -0.126. The van der Waals surface area contributed by atoms with Gasteiger partial charge in [-0.2, -0.15) is 13.2 Å². The van der Waals surface area contributed by atoms with E-state index in [-0.39, 0.29) is 17.5 Å². The molecule has 124 valence electrons. The summed E-state index contributed by atoms with van der Waals surface area (Å²) in [6, 6.07) is 0. The predicted octanol–water partition coefficient (Wildman–Crippen LogP) is 1.82. The van der Waals surface area contributed by atoms with Crippen molar-refractivity contribution >= 4 is 5.71 Å². The van der Waals surface area contributed by atoms with E-state index in [0.29, 0.717) is 12.5 Å². The molecular formula is C14H15F3N4O2. The maximum Gasteiger partial charge on any atom is 0.441 e. The Kier molecular flexibility index (Phi) is 3.14. The molecule has 2 fully saturated rings. The van der Waals surface area contributed by atoms with Crippen LogP contribution in [0.4, 0.5) is 13.2 Å². The van der Waals surface area contributed by atoms with Crippen molar-refractivity contribution in [3.05, 3.63) is 28.1 Å². The standard InChI is InChI=1S/C14H15F3N4O2/c15-14(16,17)10-5-9(18-11(19-10)8-3-4-8)12-20-23-13(22)21(12)6-7-1-2-7/h5,7-8,11,19H,1-4,6H2. The zero-order valence-electron chi connectivity index (χ0n) is 12.1. The van der Waals surface area contributed by atoms with Crippen molar-refractivity contribution in [1.82, 2.24) is 15.0 Å². The highest BCUT2D eigenvalue weighted by Gasteiger charge is 2.42. The van der Waals surface area contributed by atoms with Crippen LogP contribution in [0.5, 0.6) is 0 Å². The molecule has 9 heteroatoms. The first-order valence-electron chi connectivity index (χ1n) is 7.62. The molecule has 0 radical (unpaired) electrons. The molecule has 2 heterocycles. The molecule has 0 saturated heterocycles. The second kappa shape index (κ2) is 4.97. The van der Waals surface area contributed by atoms with Gasteiger partial charge in [0, 0.05) is 6.54 Å². The van der Waals surface area contributed by atoms with Gasteiger partial charge in [0.25, 0.3) is 0 Å².